The van der Waals surface area contributed by atoms with Crippen LogP contribution in [-0.4, -0.2) is 61.1 Å². The Hall–Kier alpha value is -0.540. The van der Waals surface area contributed by atoms with Crippen molar-refractivity contribution in [1.29, 1.82) is 0 Å². The van der Waals surface area contributed by atoms with E-state index in [1.807, 2.05) is 0 Å². The molecule has 0 unspecified atom stereocenters. The summed E-state index contributed by atoms with van der Waals surface area (Å²) in [7, 11) is -4.81. The molecule has 6 N–H and O–H groups in total. The van der Waals surface area contributed by atoms with Gasteiger partial charge in [-0.05, 0) is 0 Å². The molecule has 15 heavy (non-hydrogen) atoms. The first-order valence-corrected chi connectivity index (χ1v) is 5.15. The van der Waals surface area contributed by atoms with E-state index in [0.717, 1.165) is 0 Å². The molecular formula is C5H11O9P. The van der Waals surface area contributed by atoms with Crippen molar-refractivity contribution in [2.24, 2.45) is 0 Å². The Kier molecular flexibility index (Phi) is 5.32. The molecule has 0 aromatic heterocycles. The third kappa shape index (κ3) is 5.80. The molecule has 0 saturated heterocycles. The van der Waals surface area contributed by atoms with E-state index in [1.165, 1.54) is 0 Å². The fourth-order valence-electron chi connectivity index (χ4n) is 0.629. The zero-order chi connectivity index (χ0) is 12.2. The largest absolute Gasteiger partial charge is 0.479 e. The first-order chi connectivity index (χ1) is 6.65. The van der Waals surface area contributed by atoms with Crippen LogP contribution in [-0.2, 0) is 13.9 Å². The lowest BCUT2D eigenvalue weighted by molar-refractivity contribution is -0.159. The molecule has 0 rings (SSSR count). The number of hydrogen-bond donors (Lipinski definition) is 6. The fraction of sp³-hybridized carbons (Fsp3) is 0.800. The van der Waals surface area contributed by atoms with Crippen molar-refractivity contribution in [2.45, 2.75) is 18.3 Å². The molecule has 10 heteroatoms. The number of rotatable bonds is 6. The predicted molar refractivity (Wildman–Crippen MR) is 43.7 cm³/mol. The van der Waals surface area contributed by atoms with E-state index in [0.29, 0.717) is 0 Å². The normalized spacial score (nSPS) is 18.2. The van der Waals surface area contributed by atoms with E-state index in [2.05, 4.69) is 4.52 Å². The van der Waals surface area contributed by atoms with Crippen molar-refractivity contribution in [2.75, 3.05) is 6.61 Å². The Labute approximate surface area is 83.8 Å². The predicted octanol–water partition coefficient (Wildman–Crippen LogP) is -2.74. The van der Waals surface area contributed by atoms with Gasteiger partial charge in [0.05, 0.1) is 6.61 Å². The molecule has 0 heterocycles. The minimum Gasteiger partial charge on any atom is -0.479 e. The molecule has 9 nitrogen and oxygen atoms in total. The smallest absolute Gasteiger partial charge is 0.469 e. The lowest BCUT2D eigenvalue weighted by Gasteiger charge is -2.19. The highest BCUT2D eigenvalue weighted by molar-refractivity contribution is 7.46. The van der Waals surface area contributed by atoms with Gasteiger partial charge in [0, 0.05) is 0 Å². The Morgan fingerprint density at radius 3 is 2.07 bits per heavy atom. The van der Waals surface area contributed by atoms with Crippen LogP contribution in [0, 0.1) is 0 Å². The van der Waals surface area contributed by atoms with E-state index in [4.69, 9.17) is 30.2 Å². The molecule has 3 atom stereocenters. The number of carboxylic acids is 1. The lowest BCUT2D eigenvalue weighted by Crippen LogP contribution is -2.44. The monoisotopic (exact) mass is 246 g/mol. The molecule has 0 aliphatic heterocycles. The molecule has 0 radical (unpaired) electrons. The molecule has 0 amide bonds. The van der Waals surface area contributed by atoms with Gasteiger partial charge in [0.25, 0.3) is 0 Å². The number of carbonyl (C=O) groups is 1. The summed E-state index contributed by atoms with van der Waals surface area (Å²) in [5.74, 6) is -1.78. The van der Waals surface area contributed by atoms with Gasteiger partial charge in [0.1, 0.15) is 12.2 Å². The molecule has 0 bridgehead atoms. The minimum absolute atomic E-state index is 1.00. The second-order valence-electron chi connectivity index (χ2n) is 2.63. The highest BCUT2D eigenvalue weighted by Crippen LogP contribution is 2.35. The highest BCUT2D eigenvalue weighted by atomic mass is 31.2. The van der Waals surface area contributed by atoms with Gasteiger partial charge >= 0.3 is 13.8 Å². The van der Waals surface area contributed by atoms with Gasteiger partial charge in [-0.1, -0.05) is 0 Å². The van der Waals surface area contributed by atoms with E-state index >= 15 is 0 Å². The summed E-state index contributed by atoms with van der Waals surface area (Å²) in [4.78, 5) is 26.6. The summed E-state index contributed by atoms with van der Waals surface area (Å²) in [5, 5.41) is 34.8. The van der Waals surface area contributed by atoms with Crippen LogP contribution in [0.2, 0.25) is 0 Å². The third-order valence-corrected chi connectivity index (χ3v) is 1.87. The molecule has 0 aliphatic carbocycles. The van der Waals surface area contributed by atoms with Crippen LogP contribution in [0.1, 0.15) is 0 Å². The van der Waals surface area contributed by atoms with Gasteiger partial charge in [-0.3, -0.25) is 4.52 Å². The third-order valence-electron chi connectivity index (χ3n) is 1.38. The Balaban J connectivity index is 4.16. The van der Waals surface area contributed by atoms with Gasteiger partial charge in [-0.2, -0.15) is 0 Å². The summed E-state index contributed by atoms with van der Waals surface area (Å²) in [5.41, 5.74) is 0. The molecule has 0 spiro atoms. The summed E-state index contributed by atoms with van der Waals surface area (Å²) in [6.07, 6.45) is -6.29. The Morgan fingerprint density at radius 2 is 1.73 bits per heavy atom. The van der Waals surface area contributed by atoms with Crippen LogP contribution < -0.4 is 0 Å². The van der Waals surface area contributed by atoms with E-state index in [1.54, 1.807) is 0 Å². The van der Waals surface area contributed by atoms with E-state index < -0.39 is 38.7 Å². The molecule has 90 valence electrons. The van der Waals surface area contributed by atoms with Crippen LogP contribution in [0.5, 0.6) is 0 Å². The minimum atomic E-state index is -4.81. The van der Waals surface area contributed by atoms with Gasteiger partial charge in [0.2, 0.25) is 0 Å². The Bertz CT molecular complexity index is 259. The van der Waals surface area contributed by atoms with E-state index in [-0.39, 0.29) is 0 Å². The van der Waals surface area contributed by atoms with Gasteiger partial charge < -0.3 is 30.2 Å². The van der Waals surface area contributed by atoms with Crippen LogP contribution in [0.15, 0.2) is 0 Å². The number of aliphatic hydroxyl groups is 3. The highest BCUT2D eigenvalue weighted by Gasteiger charge is 2.31. The zero-order valence-corrected chi connectivity index (χ0v) is 8.19. The van der Waals surface area contributed by atoms with Crippen molar-refractivity contribution in [1.82, 2.24) is 0 Å². The van der Waals surface area contributed by atoms with Crippen LogP contribution in [0.25, 0.3) is 0 Å². The van der Waals surface area contributed by atoms with Crippen LogP contribution in [0.4, 0.5) is 0 Å². The molecule has 0 aromatic carbocycles. The van der Waals surface area contributed by atoms with Gasteiger partial charge in [-0.25, -0.2) is 9.36 Å². The average Bonchev–Trinajstić information content (AvgIpc) is 2.10. The van der Waals surface area contributed by atoms with Crippen molar-refractivity contribution in [3.05, 3.63) is 0 Å². The van der Waals surface area contributed by atoms with Crippen molar-refractivity contribution >= 4 is 13.8 Å². The summed E-state index contributed by atoms with van der Waals surface area (Å²) in [6.45, 7) is -1.00. The summed E-state index contributed by atoms with van der Waals surface area (Å²) < 4.78 is 14.0. The first kappa shape index (κ1) is 14.5. The molecule has 0 aliphatic rings. The molecule has 0 saturated carbocycles. The second kappa shape index (κ2) is 5.52. The topological polar surface area (TPSA) is 165 Å². The van der Waals surface area contributed by atoms with Crippen molar-refractivity contribution in [3.8, 4) is 0 Å². The molecular weight excluding hydrogens is 235 g/mol. The van der Waals surface area contributed by atoms with E-state index in [9.17, 15) is 9.36 Å². The maximum Gasteiger partial charge on any atom is 0.469 e. The van der Waals surface area contributed by atoms with Crippen molar-refractivity contribution < 1.29 is 44.1 Å². The maximum atomic E-state index is 10.2. The second-order valence-corrected chi connectivity index (χ2v) is 3.87. The number of aliphatic hydroxyl groups excluding tert-OH is 3. The number of hydrogen-bond acceptors (Lipinski definition) is 6. The zero-order valence-electron chi connectivity index (χ0n) is 7.29. The van der Waals surface area contributed by atoms with Crippen molar-refractivity contribution in [3.63, 3.8) is 0 Å². The number of carboxylic acid groups (broad SMARTS) is 1. The summed E-state index contributed by atoms with van der Waals surface area (Å²) in [6, 6.07) is 0. The van der Waals surface area contributed by atoms with Gasteiger partial charge in [-0.15, -0.1) is 0 Å². The quantitative estimate of drug-likeness (QED) is 0.272. The Morgan fingerprint density at radius 1 is 1.27 bits per heavy atom. The number of phosphoric ester groups is 1. The number of aliphatic carboxylic acids is 1. The number of phosphoric acid groups is 1. The van der Waals surface area contributed by atoms with Crippen LogP contribution >= 0.6 is 7.82 Å². The average molecular weight is 246 g/mol. The first-order valence-electron chi connectivity index (χ1n) is 3.62. The van der Waals surface area contributed by atoms with Gasteiger partial charge in [0.15, 0.2) is 6.10 Å². The molecule has 0 fully saturated rings. The fourth-order valence-corrected chi connectivity index (χ4v) is 0.975. The standard InChI is InChI=1S/C5H11O9P/c6-2(1-14-15(11,12)13)3(7)4(8)5(9)10/h2-4,6-8H,1H2,(H,9,10)(H2,11,12,13)/t2-,3+,4+/m0/s1. The summed E-state index contributed by atoms with van der Waals surface area (Å²) >= 11 is 0. The SMILES string of the molecule is O=C(O)[C@H](O)[C@H](O)[C@@H](O)COP(=O)(O)O. The molecule has 0 aromatic rings. The van der Waals surface area contributed by atoms with Crippen LogP contribution in [0.3, 0.4) is 0 Å². The lowest BCUT2D eigenvalue weighted by atomic mass is 10.1. The maximum absolute atomic E-state index is 10.2.